The molecule has 0 saturated carbocycles. The summed E-state index contributed by atoms with van der Waals surface area (Å²) in [6.45, 7) is 5.16. The van der Waals surface area contributed by atoms with E-state index in [1.807, 2.05) is 41.3 Å². The molecule has 0 aliphatic carbocycles. The van der Waals surface area contributed by atoms with Crippen molar-refractivity contribution in [3.05, 3.63) is 69.7 Å². The van der Waals surface area contributed by atoms with Crippen molar-refractivity contribution in [2.45, 2.75) is 39.3 Å². The summed E-state index contributed by atoms with van der Waals surface area (Å²) < 4.78 is 0. The van der Waals surface area contributed by atoms with Crippen molar-refractivity contribution in [1.82, 2.24) is 4.90 Å². The Morgan fingerprint density at radius 3 is 2.61 bits per heavy atom. The lowest BCUT2D eigenvalue weighted by Crippen LogP contribution is -2.37. The molecule has 0 aromatic heterocycles. The number of hydrogen-bond donors (Lipinski definition) is 0. The number of hydrogen-bond acceptors (Lipinski definition) is 3. The molecule has 2 aromatic rings. The van der Waals surface area contributed by atoms with E-state index >= 15 is 0 Å². The van der Waals surface area contributed by atoms with Crippen LogP contribution in [-0.2, 0) is 16.2 Å². The molecular formula is C22H24Cl2N2O2. The minimum Gasteiger partial charge on any atom is -0.390 e. The summed E-state index contributed by atoms with van der Waals surface area (Å²) in [6, 6.07) is 15.4. The highest BCUT2D eigenvalue weighted by Crippen LogP contribution is 2.26. The average molecular weight is 419 g/mol. The minimum atomic E-state index is -0.177. The van der Waals surface area contributed by atoms with Crippen molar-refractivity contribution < 1.29 is 9.63 Å². The van der Waals surface area contributed by atoms with Gasteiger partial charge in [-0.2, -0.15) is 0 Å². The van der Waals surface area contributed by atoms with Gasteiger partial charge in [0.05, 0.1) is 22.3 Å². The molecule has 1 aliphatic rings. The number of rotatable bonds is 7. The van der Waals surface area contributed by atoms with Crippen molar-refractivity contribution >= 4 is 34.8 Å². The van der Waals surface area contributed by atoms with Gasteiger partial charge in [-0.3, -0.25) is 4.79 Å². The van der Waals surface area contributed by atoms with E-state index in [4.69, 9.17) is 28.0 Å². The molecule has 1 amide bonds. The van der Waals surface area contributed by atoms with Gasteiger partial charge in [0.25, 0.3) is 0 Å². The van der Waals surface area contributed by atoms with E-state index in [-0.39, 0.29) is 12.0 Å². The van der Waals surface area contributed by atoms with Crippen LogP contribution in [0.3, 0.4) is 0 Å². The maximum absolute atomic E-state index is 12.8. The first-order valence-corrected chi connectivity index (χ1v) is 10.2. The molecule has 0 bridgehead atoms. The topological polar surface area (TPSA) is 41.9 Å². The number of carbonyl (C=O) groups excluding carboxylic acids is 1. The van der Waals surface area contributed by atoms with Crippen LogP contribution in [0.25, 0.3) is 0 Å². The van der Waals surface area contributed by atoms with Gasteiger partial charge in [-0.25, -0.2) is 0 Å². The fraction of sp³-hybridized carbons (Fsp3) is 0.364. The van der Waals surface area contributed by atoms with Crippen molar-refractivity contribution in [3.63, 3.8) is 0 Å². The highest BCUT2D eigenvalue weighted by atomic mass is 35.5. The second-order valence-electron chi connectivity index (χ2n) is 7.46. The zero-order chi connectivity index (χ0) is 20.1. The lowest BCUT2D eigenvalue weighted by molar-refractivity contribution is -0.134. The Labute approximate surface area is 176 Å². The van der Waals surface area contributed by atoms with E-state index in [0.717, 1.165) is 16.8 Å². The molecule has 1 heterocycles. The maximum Gasteiger partial charge on any atom is 0.223 e. The molecule has 0 fully saturated rings. The van der Waals surface area contributed by atoms with E-state index in [1.165, 1.54) is 0 Å². The summed E-state index contributed by atoms with van der Waals surface area (Å²) in [7, 11) is 0. The second kappa shape index (κ2) is 9.44. The third-order valence-corrected chi connectivity index (χ3v) is 5.30. The molecule has 3 rings (SSSR count). The van der Waals surface area contributed by atoms with Gasteiger partial charge in [-0.05, 0) is 23.6 Å². The quantitative estimate of drug-likeness (QED) is 0.590. The number of oxime groups is 1. The van der Waals surface area contributed by atoms with Gasteiger partial charge in [0, 0.05) is 24.9 Å². The van der Waals surface area contributed by atoms with Gasteiger partial charge in [0.1, 0.15) is 0 Å². The maximum atomic E-state index is 12.8. The van der Waals surface area contributed by atoms with Crippen molar-refractivity contribution in [2.24, 2.45) is 11.1 Å². The number of halogens is 2. The van der Waals surface area contributed by atoms with Crippen LogP contribution in [0.5, 0.6) is 0 Å². The van der Waals surface area contributed by atoms with Gasteiger partial charge in [-0.15, -0.1) is 0 Å². The molecule has 1 aliphatic heterocycles. The second-order valence-corrected chi connectivity index (χ2v) is 8.27. The molecule has 4 nitrogen and oxygen atoms in total. The first kappa shape index (κ1) is 20.7. The van der Waals surface area contributed by atoms with E-state index < -0.39 is 0 Å². The fourth-order valence-electron chi connectivity index (χ4n) is 3.15. The van der Waals surface area contributed by atoms with Crippen LogP contribution in [0.4, 0.5) is 0 Å². The van der Waals surface area contributed by atoms with Crippen LogP contribution in [-0.4, -0.2) is 29.2 Å². The predicted octanol–water partition coefficient (Wildman–Crippen LogP) is 5.56. The van der Waals surface area contributed by atoms with Crippen LogP contribution in [0, 0.1) is 5.92 Å². The lowest BCUT2D eigenvalue weighted by atomic mass is 10.0. The smallest absolute Gasteiger partial charge is 0.223 e. The minimum absolute atomic E-state index is 0.130. The third-order valence-electron chi connectivity index (χ3n) is 4.56. The van der Waals surface area contributed by atoms with Gasteiger partial charge in [-0.1, -0.05) is 78.6 Å². The molecule has 28 heavy (non-hydrogen) atoms. The zero-order valence-electron chi connectivity index (χ0n) is 16.1. The summed E-state index contributed by atoms with van der Waals surface area (Å²) in [6.07, 6.45) is 0.961. The van der Waals surface area contributed by atoms with E-state index in [9.17, 15) is 4.79 Å². The average Bonchev–Trinajstić information content (AvgIpc) is 3.12. The number of nitrogens with zero attached hydrogens (tertiary/aromatic N) is 2. The Balaban J connectivity index is 1.67. The summed E-state index contributed by atoms with van der Waals surface area (Å²) in [5.41, 5.74) is 2.81. The summed E-state index contributed by atoms with van der Waals surface area (Å²) in [4.78, 5) is 20.3. The highest BCUT2D eigenvalue weighted by molar-refractivity contribution is 6.42. The predicted molar refractivity (Wildman–Crippen MR) is 114 cm³/mol. The Bertz CT molecular complexity index is 853. The van der Waals surface area contributed by atoms with E-state index in [2.05, 4.69) is 19.0 Å². The molecular weight excluding hydrogens is 395 g/mol. The van der Waals surface area contributed by atoms with Crippen LogP contribution in [0.2, 0.25) is 10.0 Å². The van der Waals surface area contributed by atoms with Crippen LogP contribution in [0.1, 0.15) is 37.8 Å². The van der Waals surface area contributed by atoms with Crippen molar-refractivity contribution in [3.8, 4) is 0 Å². The van der Waals surface area contributed by atoms with Gasteiger partial charge >= 0.3 is 0 Å². The van der Waals surface area contributed by atoms with E-state index in [1.54, 1.807) is 12.1 Å². The number of carbonyl (C=O) groups is 1. The molecule has 1 unspecified atom stereocenters. The fourth-order valence-corrected chi connectivity index (χ4v) is 3.45. The summed E-state index contributed by atoms with van der Waals surface area (Å²) in [5.74, 6) is 0.434. The van der Waals surface area contributed by atoms with Gasteiger partial charge in [0.15, 0.2) is 6.10 Å². The SMILES string of the molecule is CC(C)CC(=O)N(Cc1ccccc1)CC1CC(c2ccc(Cl)c(Cl)c2)=NO1. The van der Waals surface area contributed by atoms with Gasteiger partial charge in [0.2, 0.25) is 5.91 Å². The molecule has 2 aromatic carbocycles. The standard InChI is InChI=1S/C22H24Cl2N2O2/c1-15(2)10-22(27)26(13-16-6-4-3-5-7-16)14-18-12-21(25-28-18)17-8-9-19(23)20(24)11-17/h3-9,11,15,18H,10,12-14H2,1-2H3. The first-order chi connectivity index (χ1) is 13.4. The number of benzene rings is 2. The zero-order valence-corrected chi connectivity index (χ0v) is 17.6. The Morgan fingerprint density at radius 2 is 1.93 bits per heavy atom. The Hall–Kier alpha value is -2.04. The van der Waals surface area contributed by atoms with Crippen molar-refractivity contribution in [2.75, 3.05) is 6.54 Å². The normalized spacial score (nSPS) is 16.0. The summed E-state index contributed by atoms with van der Waals surface area (Å²) in [5, 5.41) is 5.21. The van der Waals surface area contributed by atoms with E-state index in [0.29, 0.717) is 41.9 Å². The first-order valence-electron chi connectivity index (χ1n) is 9.42. The van der Waals surface area contributed by atoms with Crippen LogP contribution in [0.15, 0.2) is 53.7 Å². The van der Waals surface area contributed by atoms with Crippen molar-refractivity contribution in [1.29, 1.82) is 0 Å². The van der Waals surface area contributed by atoms with Crippen LogP contribution < -0.4 is 0 Å². The largest absolute Gasteiger partial charge is 0.390 e. The molecule has 0 N–H and O–H groups in total. The molecule has 6 heteroatoms. The Kier molecular flexibility index (Phi) is 6.97. The highest BCUT2D eigenvalue weighted by Gasteiger charge is 2.27. The lowest BCUT2D eigenvalue weighted by Gasteiger charge is -2.26. The molecule has 0 spiro atoms. The van der Waals surface area contributed by atoms with Crippen LogP contribution >= 0.6 is 23.2 Å². The summed E-state index contributed by atoms with van der Waals surface area (Å²) >= 11 is 12.1. The molecule has 0 saturated heterocycles. The van der Waals surface area contributed by atoms with Gasteiger partial charge < -0.3 is 9.74 Å². The third kappa shape index (κ3) is 5.49. The molecule has 0 radical (unpaired) electrons. The Morgan fingerprint density at radius 1 is 1.18 bits per heavy atom. The molecule has 148 valence electrons. The molecule has 1 atom stereocenters. The monoisotopic (exact) mass is 418 g/mol. The number of amides is 1.